The van der Waals surface area contributed by atoms with Crippen LogP contribution < -0.4 is 5.32 Å². The predicted octanol–water partition coefficient (Wildman–Crippen LogP) is 1.30. The van der Waals surface area contributed by atoms with Gasteiger partial charge in [-0.05, 0) is 25.7 Å². The Morgan fingerprint density at radius 1 is 1.55 bits per heavy atom. The molecule has 0 radical (unpaired) electrons. The predicted molar refractivity (Wildman–Crippen MR) is 75.1 cm³/mol. The Morgan fingerprint density at radius 2 is 2.40 bits per heavy atom. The maximum atomic E-state index is 11.7. The van der Waals surface area contributed by atoms with E-state index in [4.69, 9.17) is 4.74 Å². The lowest BCUT2D eigenvalue weighted by atomic mass is 9.89. The Kier molecular flexibility index (Phi) is 5.52. The summed E-state index contributed by atoms with van der Waals surface area (Å²) in [5, 5.41) is 10.6. The maximum Gasteiger partial charge on any atom is 0.246 e. The molecule has 6 nitrogen and oxygen atoms in total. The number of carbonyl (C=O) groups is 1. The molecule has 1 aliphatic rings. The molecule has 1 saturated carbocycles. The van der Waals surface area contributed by atoms with E-state index in [1.54, 1.807) is 6.33 Å². The number of carbonyl (C=O) groups excluding carboxylic acids is 1. The van der Waals surface area contributed by atoms with Crippen LogP contribution in [0, 0.1) is 12.8 Å². The van der Waals surface area contributed by atoms with Crippen LogP contribution in [0.1, 0.15) is 38.4 Å². The molecule has 0 saturated heterocycles. The van der Waals surface area contributed by atoms with Gasteiger partial charge in [-0.1, -0.05) is 19.8 Å². The van der Waals surface area contributed by atoms with E-state index < -0.39 is 0 Å². The largest absolute Gasteiger partial charge is 0.368 e. The van der Waals surface area contributed by atoms with E-state index in [-0.39, 0.29) is 18.6 Å². The Bertz CT molecular complexity index is 433. The second kappa shape index (κ2) is 7.38. The summed E-state index contributed by atoms with van der Waals surface area (Å²) >= 11 is 0. The first-order valence-electron chi connectivity index (χ1n) is 7.38. The van der Waals surface area contributed by atoms with Crippen LogP contribution in [0.3, 0.4) is 0 Å². The van der Waals surface area contributed by atoms with Crippen LogP contribution in [0.4, 0.5) is 0 Å². The van der Waals surface area contributed by atoms with Gasteiger partial charge < -0.3 is 14.6 Å². The van der Waals surface area contributed by atoms with E-state index in [9.17, 15) is 4.79 Å². The first kappa shape index (κ1) is 15.0. The van der Waals surface area contributed by atoms with Gasteiger partial charge in [0.15, 0.2) is 0 Å². The zero-order chi connectivity index (χ0) is 14.4. The van der Waals surface area contributed by atoms with Crippen molar-refractivity contribution in [2.75, 3.05) is 13.2 Å². The van der Waals surface area contributed by atoms with Gasteiger partial charge in [0, 0.05) is 13.1 Å². The van der Waals surface area contributed by atoms with Gasteiger partial charge in [-0.2, -0.15) is 0 Å². The summed E-state index contributed by atoms with van der Waals surface area (Å²) in [6.45, 7) is 5.56. The average Bonchev–Trinajstić information content (AvgIpc) is 2.82. The molecule has 1 aromatic heterocycles. The van der Waals surface area contributed by atoms with Gasteiger partial charge in [-0.15, -0.1) is 10.2 Å². The van der Waals surface area contributed by atoms with Crippen molar-refractivity contribution in [3.05, 3.63) is 12.2 Å². The fourth-order valence-corrected chi connectivity index (χ4v) is 2.62. The lowest BCUT2D eigenvalue weighted by Gasteiger charge is -2.26. The molecule has 1 aliphatic carbocycles. The second-order valence-electron chi connectivity index (χ2n) is 5.63. The third-order valence-corrected chi connectivity index (χ3v) is 3.82. The molecule has 1 fully saturated rings. The van der Waals surface area contributed by atoms with E-state index in [0.29, 0.717) is 19.0 Å². The highest BCUT2D eigenvalue weighted by molar-refractivity contribution is 5.77. The minimum Gasteiger partial charge on any atom is -0.368 e. The van der Waals surface area contributed by atoms with E-state index >= 15 is 0 Å². The van der Waals surface area contributed by atoms with E-state index in [1.165, 1.54) is 12.8 Å². The zero-order valence-corrected chi connectivity index (χ0v) is 12.3. The van der Waals surface area contributed by atoms with Crippen LogP contribution in [0.25, 0.3) is 0 Å². The van der Waals surface area contributed by atoms with Crippen LogP contribution in [0.15, 0.2) is 6.33 Å². The van der Waals surface area contributed by atoms with Crippen molar-refractivity contribution in [1.82, 2.24) is 20.1 Å². The molecule has 2 rings (SSSR count). The number of amides is 1. The van der Waals surface area contributed by atoms with Crippen molar-refractivity contribution in [3.8, 4) is 0 Å². The molecular weight excluding hydrogens is 256 g/mol. The summed E-state index contributed by atoms with van der Waals surface area (Å²) < 4.78 is 7.59. The van der Waals surface area contributed by atoms with Crippen LogP contribution in [0.5, 0.6) is 0 Å². The van der Waals surface area contributed by atoms with E-state index in [1.807, 2.05) is 11.5 Å². The van der Waals surface area contributed by atoms with Gasteiger partial charge in [0.1, 0.15) is 18.8 Å². The molecular formula is C14H24N4O2. The average molecular weight is 280 g/mol. The van der Waals surface area contributed by atoms with Crippen molar-refractivity contribution in [1.29, 1.82) is 0 Å². The smallest absolute Gasteiger partial charge is 0.246 e. The molecule has 1 heterocycles. The number of nitrogens with zero attached hydrogens (tertiary/aromatic N) is 3. The van der Waals surface area contributed by atoms with Crippen molar-refractivity contribution in [2.45, 2.75) is 52.2 Å². The Morgan fingerprint density at radius 3 is 3.10 bits per heavy atom. The van der Waals surface area contributed by atoms with Crippen molar-refractivity contribution < 1.29 is 9.53 Å². The van der Waals surface area contributed by atoms with E-state index in [0.717, 1.165) is 18.7 Å². The van der Waals surface area contributed by atoms with Crippen molar-refractivity contribution in [3.63, 3.8) is 0 Å². The molecule has 0 aliphatic heterocycles. The Labute approximate surface area is 119 Å². The van der Waals surface area contributed by atoms with Crippen LogP contribution in [-0.4, -0.2) is 39.9 Å². The monoisotopic (exact) mass is 280 g/mol. The third-order valence-electron chi connectivity index (χ3n) is 3.82. The SMILES string of the molecule is Cc1nncn1CCNC(=O)CO[C@H]1CCC[C@H](C)C1. The number of hydrogen-bond donors (Lipinski definition) is 1. The molecule has 0 bridgehead atoms. The standard InChI is InChI=1S/C14H24N4O2/c1-11-4-3-5-13(8-11)20-9-14(19)15-6-7-18-10-16-17-12(18)2/h10-11,13H,3-9H2,1-2H3,(H,15,19)/t11-,13-/m0/s1. The number of hydrogen-bond acceptors (Lipinski definition) is 4. The molecule has 0 unspecified atom stereocenters. The van der Waals surface area contributed by atoms with Gasteiger partial charge in [-0.25, -0.2) is 0 Å². The van der Waals surface area contributed by atoms with Crippen LogP contribution in [0.2, 0.25) is 0 Å². The number of rotatable bonds is 6. The van der Waals surface area contributed by atoms with Gasteiger partial charge in [0.2, 0.25) is 5.91 Å². The molecule has 6 heteroatoms. The fourth-order valence-electron chi connectivity index (χ4n) is 2.62. The summed E-state index contributed by atoms with van der Waals surface area (Å²) in [6, 6.07) is 0. The first-order valence-corrected chi connectivity index (χ1v) is 7.38. The quantitative estimate of drug-likeness (QED) is 0.852. The molecule has 112 valence electrons. The van der Waals surface area contributed by atoms with Crippen LogP contribution >= 0.6 is 0 Å². The summed E-state index contributed by atoms with van der Waals surface area (Å²) in [6.07, 6.45) is 6.57. The molecule has 1 N–H and O–H groups in total. The lowest BCUT2D eigenvalue weighted by molar-refractivity contribution is -0.128. The second-order valence-corrected chi connectivity index (χ2v) is 5.63. The Balaban J connectivity index is 1.59. The summed E-state index contributed by atoms with van der Waals surface area (Å²) in [5.74, 6) is 1.52. The highest BCUT2D eigenvalue weighted by atomic mass is 16.5. The minimum absolute atomic E-state index is 0.0473. The summed E-state index contributed by atoms with van der Waals surface area (Å²) in [7, 11) is 0. The molecule has 0 aromatic carbocycles. The number of nitrogens with one attached hydrogen (secondary N) is 1. The normalized spacial score (nSPS) is 22.7. The molecule has 2 atom stereocenters. The minimum atomic E-state index is -0.0473. The van der Waals surface area contributed by atoms with E-state index in [2.05, 4.69) is 22.4 Å². The third kappa shape index (κ3) is 4.59. The van der Waals surface area contributed by atoms with Gasteiger partial charge in [0.05, 0.1) is 6.10 Å². The topological polar surface area (TPSA) is 69.0 Å². The highest BCUT2D eigenvalue weighted by Crippen LogP contribution is 2.25. The first-order chi connectivity index (χ1) is 9.65. The van der Waals surface area contributed by atoms with Crippen molar-refractivity contribution >= 4 is 5.91 Å². The maximum absolute atomic E-state index is 11.7. The number of aryl methyl sites for hydroxylation is 1. The lowest BCUT2D eigenvalue weighted by Crippen LogP contribution is -2.33. The zero-order valence-electron chi connectivity index (χ0n) is 12.3. The summed E-state index contributed by atoms with van der Waals surface area (Å²) in [5.41, 5.74) is 0. The molecule has 1 amide bonds. The number of aromatic nitrogens is 3. The van der Waals surface area contributed by atoms with Gasteiger partial charge >= 0.3 is 0 Å². The fraction of sp³-hybridized carbons (Fsp3) is 0.786. The molecule has 0 spiro atoms. The molecule has 20 heavy (non-hydrogen) atoms. The van der Waals surface area contributed by atoms with Gasteiger partial charge in [0.25, 0.3) is 0 Å². The Hall–Kier alpha value is -1.43. The summed E-state index contributed by atoms with van der Waals surface area (Å²) in [4.78, 5) is 11.7. The number of ether oxygens (including phenoxy) is 1. The van der Waals surface area contributed by atoms with Crippen LogP contribution in [-0.2, 0) is 16.1 Å². The molecule has 1 aromatic rings. The highest BCUT2D eigenvalue weighted by Gasteiger charge is 2.19. The van der Waals surface area contributed by atoms with Gasteiger partial charge in [-0.3, -0.25) is 4.79 Å². The van der Waals surface area contributed by atoms with Crippen molar-refractivity contribution in [2.24, 2.45) is 5.92 Å².